The highest BCUT2D eigenvalue weighted by Crippen LogP contribution is 2.45. The molecule has 0 unspecified atom stereocenters. The molecule has 7 heteroatoms. The Morgan fingerprint density at radius 3 is 2.62 bits per heavy atom. The van der Waals surface area contributed by atoms with E-state index in [2.05, 4.69) is 32.2 Å². The van der Waals surface area contributed by atoms with E-state index in [0.717, 1.165) is 52.5 Å². The van der Waals surface area contributed by atoms with Crippen LogP contribution in [0, 0.1) is 22.7 Å². The molecule has 0 saturated carbocycles. The molecule has 2 aromatic heterocycles. The highest BCUT2D eigenvalue weighted by molar-refractivity contribution is 7.16. The van der Waals surface area contributed by atoms with Crippen LogP contribution in [0.4, 0.5) is 5.00 Å². The molecule has 4 aromatic rings. The number of nitriles is 1. The maximum Gasteiger partial charge on any atom is 0.255 e. The van der Waals surface area contributed by atoms with Crippen molar-refractivity contribution in [3.05, 3.63) is 105 Å². The Balaban J connectivity index is 1.32. The number of amides is 1. The number of furan rings is 1. The van der Waals surface area contributed by atoms with Crippen LogP contribution in [0.2, 0.25) is 0 Å². The minimum absolute atomic E-state index is 0.109. The molecule has 1 N–H and O–H groups in total. The molecule has 40 heavy (non-hydrogen) atoms. The van der Waals surface area contributed by atoms with E-state index in [4.69, 9.17) is 19.4 Å². The summed E-state index contributed by atoms with van der Waals surface area (Å²) in [5.74, 6) is 1.93. The summed E-state index contributed by atoms with van der Waals surface area (Å²) in [5, 5.41) is 12.7. The van der Waals surface area contributed by atoms with E-state index in [0.29, 0.717) is 30.2 Å². The molecule has 0 spiro atoms. The van der Waals surface area contributed by atoms with Gasteiger partial charge in [0.25, 0.3) is 5.91 Å². The summed E-state index contributed by atoms with van der Waals surface area (Å²) < 4.78 is 11.3. The molecule has 1 aliphatic carbocycles. The van der Waals surface area contributed by atoms with E-state index in [1.807, 2.05) is 54.7 Å². The van der Waals surface area contributed by atoms with Crippen molar-refractivity contribution >= 4 is 28.5 Å². The van der Waals surface area contributed by atoms with Gasteiger partial charge in [0.05, 0.1) is 30.0 Å². The predicted octanol–water partition coefficient (Wildman–Crippen LogP) is 7.62. The molecule has 1 amide bonds. The molecule has 0 bridgehead atoms. The largest absolute Gasteiger partial charge is 0.489 e. The zero-order valence-corrected chi connectivity index (χ0v) is 23.9. The van der Waals surface area contributed by atoms with Crippen LogP contribution in [0.1, 0.15) is 70.4 Å². The van der Waals surface area contributed by atoms with Gasteiger partial charge in [-0.15, -0.1) is 11.3 Å². The molecule has 0 radical (unpaired) electrons. The normalized spacial score (nSPS) is 15.0. The van der Waals surface area contributed by atoms with Crippen LogP contribution in [0.5, 0.6) is 5.75 Å². The second-order valence-corrected chi connectivity index (χ2v) is 12.3. The fourth-order valence-corrected chi connectivity index (χ4v) is 6.20. The number of hydrogen-bond donors (Lipinski definition) is 1. The van der Waals surface area contributed by atoms with Crippen LogP contribution in [-0.4, -0.2) is 12.1 Å². The molecule has 2 heterocycles. The van der Waals surface area contributed by atoms with Gasteiger partial charge in [-0.25, -0.2) is 4.99 Å². The smallest absolute Gasteiger partial charge is 0.255 e. The predicted molar refractivity (Wildman–Crippen MR) is 158 cm³/mol. The first-order valence-corrected chi connectivity index (χ1v) is 14.3. The molecule has 0 fully saturated rings. The first-order valence-electron chi connectivity index (χ1n) is 13.5. The van der Waals surface area contributed by atoms with Gasteiger partial charge in [0, 0.05) is 11.1 Å². The number of rotatable bonds is 8. The van der Waals surface area contributed by atoms with Crippen LogP contribution in [-0.2, 0) is 26.0 Å². The Bertz CT molecular complexity index is 1520. The van der Waals surface area contributed by atoms with Crippen molar-refractivity contribution in [2.75, 3.05) is 0 Å². The minimum atomic E-state index is -0.109. The van der Waals surface area contributed by atoms with Gasteiger partial charge in [-0.1, -0.05) is 32.9 Å². The SMILES string of the molecule is CC(C)(C)[C@H]1CCc2c(sc(N=Cc3ccc(OCc4ccc(C#N)cc4)cc3)c2C(=O)NCc2ccco2)C1. The Labute approximate surface area is 239 Å². The van der Waals surface area contributed by atoms with E-state index in [1.165, 1.54) is 4.88 Å². The zero-order chi connectivity index (χ0) is 28.1. The number of carbonyl (C=O) groups is 1. The summed E-state index contributed by atoms with van der Waals surface area (Å²) in [6, 6.07) is 20.9. The number of fused-ring (bicyclic) bond motifs is 1. The molecule has 1 aliphatic rings. The number of nitrogens with zero attached hydrogens (tertiary/aromatic N) is 2. The van der Waals surface area contributed by atoms with E-state index in [-0.39, 0.29) is 11.3 Å². The van der Waals surface area contributed by atoms with Crippen LogP contribution in [0.3, 0.4) is 0 Å². The molecule has 2 aromatic carbocycles. The highest BCUT2D eigenvalue weighted by atomic mass is 32.1. The van der Waals surface area contributed by atoms with Gasteiger partial charge < -0.3 is 14.5 Å². The lowest BCUT2D eigenvalue weighted by molar-refractivity contribution is 0.0947. The molecule has 5 rings (SSSR count). The quantitative estimate of drug-likeness (QED) is 0.228. The van der Waals surface area contributed by atoms with Crippen LogP contribution in [0.15, 0.2) is 76.3 Å². The lowest BCUT2D eigenvalue weighted by Crippen LogP contribution is -2.28. The van der Waals surface area contributed by atoms with Crippen molar-refractivity contribution < 1.29 is 13.9 Å². The van der Waals surface area contributed by atoms with Crippen molar-refractivity contribution in [3.63, 3.8) is 0 Å². The Hall–Kier alpha value is -4.15. The van der Waals surface area contributed by atoms with E-state index in [9.17, 15) is 4.79 Å². The fourth-order valence-electron chi connectivity index (χ4n) is 4.93. The summed E-state index contributed by atoms with van der Waals surface area (Å²) in [5.41, 5.74) is 4.60. The second kappa shape index (κ2) is 11.9. The Kier molecular flexibility index (Phi) is 8.18. The lowest BCUT2D eigenvalue weighted by atomic mass is 9.72. The third kappa shape index (κ3) is 6.52. The van der Waals surface area contributed by atoms with Crippen molar-refractivity contribution in [3.8, 4) is 11.8 Å². The van der Waals surface area contributed by atoms with Crippen molar-refractivity contribution in [1.82, 2.24) is 5.32 Å². The third-order valence-corrected chi connectivity index (χ3v) is 8.56. The highest BCUT2D eigenvalue weighted by Gasteiger charge is 2.33. The molecular weight excluding hydrogens is 518 g/mol. The molecule has 1 atom stereocenters. The van der Waals surface area contributed by atoms with Crippen molar-refractivity contribution in [2.24, 2.45) is 16.3 Å². The second-order valence-electron chi connectivity index (χ2n) is 11.2. The van der Waals surface area contributed by atoms with Crippen molar-refractivity contribution in [2.45, 2.75) is 53.2 Å². The summed E-state index contributed by atoms with van der Waals surface area (Å²) in [4.78, 5) is 19.5. The summed E-state index contributed by atoms with van der Waals surface area (Å²) in [6.07, 6.45) is 6.35. The van der Waals surface area contributed by atoms with Gasteiger partial charge >= 0.3 is 0 Å². The first-order chi connectivity index (χ1) is 19.3. The topological polar surface area (TPSA) is 87.6 Å². The molecular formula is C33H33N3O3S. The average Bonchev–Trinajstić information content (AvgIpc) is 3.61. The van der Waals surface area contributed by atoms with E-state index in [1.54, 1.807) is 29.7 Å². The maximum atomic E-state index is 13.4. The number of benzene rings is 2. The van der Waals surface area contributed by atoms with Crippen molar-refractivity contribution in [1.29, 1.82) is 5.26 Å². The van der Waals surface area contributed by atoms with Crippen LogP contribution >= 0.6 is 11.3 Å². The van der Waals surface area contributed by atoms with Gasteiger partial charge in [-0.2, -0.15) is 5.26 Å². The standard InChI is InChI=1S/C33H33N3O3S/c1-33(2,3)25-12-15-28-29(17-25)40-32(30(28)31(37)35-20-27-5-4-16-38-27)36-19-23-10-13-26(14-11-23)39-21-24-8-6-22(18-34)7-9-24/h4-11,13-14,16,19,25H,12,15,17,20-21H2,1-3H3,(H,35,37)/t25-/m0/s1. The van der Waals surface area contributed by atoms with Gasteiger partial charge in [0.1, 0.15) is 23.1 Å². The summed E-state index contributed by atoms with van der Waals surface area (Å²) >= 11 is 1.64. The number of aliphatic imine (C=N–C) groups is 1. The summed E-state index contributed by atoms with van der Waals surface area (Å²) in [7, 11) is 0. The Morgan fingerprint density at radius 1 is 1.18 bits per heavy atom. The third-order valence-electron chi connectivity index (χ3n) is 7.40. The number of carbonyl (C=O) groups excluding carboxylic acids is 1. The van der Waals surface area contributed by atoms with Crippen LogP contribution < -0.4 is 10.1 Å². The fraction of sp³-hybridized carbons (Fsp3) is 0.303. The van der Waals surface area contributed by atoms with Gasteiger partial charge in [-0.05, 0) is 95.8 Å². The van der Waals surface area contributed by atoms with Gasteiger partial charge in [-0.3, -0.25) is 4.79 Å². The Morgan fingerprint density at radius 2 is 1.95 bits per heavy atom. The van der Waals surface area contributed by atoms with Gasteiger partial charge in [0.15, 0.2) is 0 Å². The lowest BCUT2D eigenvalue weighted by Gasteiger charge is -2.33. The van der Waals surface area contributed by atoms with E-state index < -0.39 is 0 Å². The van der Waals surface area contributed by atoms with Crippen LogP contribution in [0.25, 0.3) is 0 Å². The van der Waals surface area contributed by atoms with E-state index >= 15 is 0 Å². The summed E-state index contributed by atoms with van der Waals surface area (Å²) in [6.45, 7) is 7.65. The van der Waals surface area contributed by atoms with Gasteiger partial charge in [0.2, 0.25) is 0 Å². The molecule has 204 valence electrons. The number of nitrogens with one attached hydrogen (secondary N) is 1. The zero-order valence-electron chi connectivity index (χ0n) is 23.1. The molecule has 0 aliphatic heterocycles. The molecule has 6 nitrogen and oxygen atoms in total. The average molecular weight is 552 g/mol. The monoisotopic (exact) mass is 551 g/mol. The number of ether oxygens (including phenoxy) is 1. The minimum Gasteiger partial charge on any atom is -0.489 e. The number of thiophene rings is 1. The first kappa shape index (κ1) is 27.4. The number of hydrogen-bond acceptors (Lipinski definition) is 6. The maximum absolute atomic E-state index is 13.4. The molecule has 0 saturated heterocycles.